The highest BCUT2D eigenvalue weighted by atomic mass is 32.2. The third-order valence-corrected chi connectivity index (χ3v) is 3.69. The molecule has 0 radical (unpaired) electrons. The molecule has 0 rings (SSSR count). The summed E-state index contributed by atoms with van der Waals surface area (Å²) in [6, 6.07) is 0. The molecule has 3 heteroatoms. The van der Waals surface area contributed by atoms with Gasteiger partial charge in [0.2, 0.25) is 0 Å². The zero-order valence-corrected chi connectivity index (χ0v) is 12.2. The first kappa shape index (κ1) is 16.0. The van der Waals surface area contributed by atoms with E-state index in [1.54, 1.807) is 0 Å². The van der Waals surface area contributed by atoms with Crippen LogP contribution in [0.25, 0.3) is 0 Å². The van der Waals surface area contributed by atoms with Gasteiger partial charge in [0.05, 0.1) is 5.25 Å². The molecule has 1 N–H and O–H groups in total. The van der Waals surface area contributed by atoms with Gasteiger partial charge in [0.1, 0.15) is 5.78 Å². The lowest BCUT2D eigenvalue weighted by Gasteiger charge is -2.19. The van der Waals surface area contributed by atoms with Crippen LogP contribution in [0.3, 0.4) is 0 Å². The van der Waals surface area contributed by atoms with Crippen LogP contribution < -0.4 is 5.32 Å². The Hall–Kier alpha value is -0.0200. The molecule has 0 aromatic heterocycles. The van der Waals surface area contributed by atoms with Crippen LogP contribution >= 0.6 is 11.8 Å². The van der Waals surface area contributed by atoms with Gasteiger partial charge >= 0.3 is 0 Å². The van der Waals surface area contributed by atoms with Crippen molar-refractivity contribution in [2.24, 2.45) is 11.8 Å². The highest BCUT2D eigenvalue weighted by molar-refractivity contribution is 8.00. The molecule has 0 fully saturated rings. The zero-order valence-electron chi connectivity index (χ0n) is 11.4. The monoisotopic (exact) mass is 247 g/mol. The largest absolute Gasteiger partial charge is 0.316 e. The summed E-state index contributed by atoms with van der Waals surface area (Å²) >= 11 is 1.81. The molecule has 0 aromatic rings. The quantitative estimate of drug-likeness (QED) is 0.634. The number of Topliss-reactive ketones (excluding diaryl/α,β-unsaturated/α-hetero) is 1. The number of nitrogens with one attached hydrogen (secondary N) is 1. The highest BCUT2D eigenvalue weighted by Gasteiger charge is 2.22. The van der Waals surface area contributed by atoms with Crippen LogP contribution in [0.4, 0.5) is 0 Å². The fourth-order valence-corrected chi connectivity index (χ4v) is 3.02. The Morgan fingerprint density at radius 2 is 1.94 bits per heavy atom. The van der Waals surface area contributed by atoms with E-state index < -0.39 is 0 Å². The normalized spacial score (nSPS) is 13.4. The fraction of sp³-hybridized carbons (Fsp3) is 0.923. The van der Waals surface area contributed by atoms with Gasteiger partial charge in [-0.25, -0.2) is 0 Å². The molecule has 0 aromatic carbocycles. The van der Waals surface area contributed by atoms with E-state index >= 15 is 0 Å². The molecule has 98 valence electrons. The lowest BCUT2D eigenvalue weighted by Crippen LogP contribution is -2.26. The summed E-state index contributed by atoms with van der Waals surface area (Å²) in [6.07, 6.45) is 1.01. The first-order valence-electron chi connectivity index (χ1n) is 6.35. The number of rotatable bonds is 9. The highest BCUT2D eigenvalue weighted by Crippen LogP contribution is 2.22. The second kappa shape index (κ2) is 9.06. The summed E-state index contributed by atoms with van der Waals surface area (Å²) in [5.41, 5.74) is 0. The lowest BCUT2D eigenvalue weighted by atomic mass is 9.99. The van der Waals surface area contributed by atoms with Crippen molar-refractivity contribution in [2.45, 2.75) is 46.3 Å². The minimum Gasteiger partial charge on any atom is -0.316 e. The Bertz CT molecular complexity index is 198. The zero-order chi connectivity index (χ0) is 12.6. The van der Waals surface area contributed by atoms with Crippen LogP contribution in [0, 0.1) is 11.8 Å². The van der Waals surface area contributed by atoms with Crippen molar-refractivity contribution in [3.63, 3.8) is 0 Å². The van der Waals surface area contributed by atoms with Gasteiger partial charge in [-0.3, -0.25) is 4.79 Å². The van der Waals surface area contributed by atoms with Gasteiger partial charge in [-0.1, -0.05) is 34.6 Å². The molecule has 0 amide bonds. The van der Waals surface area contributed by atoms with Crippen LogP contribution in [-0.2, 0) is 4.79 Å². The van der Waals surface area contributed by atoms with E-state index in [1.807, 2.05) is 25.6 Å². The molecule has 0 aliphatic heterocycles. The Kier molecular flexibility index (Phi) is 9.04. The molecule has 0 heterocycles. The molecule has 2 nitrogen and oxygen atoms in total. The number of thioether (sulfide) groups is 1. The molecule has 0 bridgehead atoms. The maximum atomic E-state index is 12.0. The first-order valence-corrected chi connectivity index (χ1v) is 7.39. The van der Waals surface area contributed by atoms with E-state index in [2.05, 4.69) is 26.1 Å². The predicted octanol–water partition coefficient (Wildman–Crippen LogP) is 3.21. The van der Waals surface area contributed by atoms with E-state index in [4.69, 9.17) is 0 Å². The molecular weight excluding hydrogens is 218 g/mol. The van der Waals surface area contributed by atoms with E-state index in [0.29, 0.717) is 11.7 Å². The van der Waals surface area contributed by atoms with Gasteiger partial charge in [0.25, 0.3) is 0 Å². The second-order valence-electron chi connectivity index (χ2n) is 4.90. The van der Waals surface area contributed by atoms with Crippen LogP contribution in [0.2, 0.25) is 0 Å². The van der Waals surface area contributed by atoms with Crippen LogP contribution in [0.5, 0.6) is 0 Å². The van der Waals surface area contributed by atoms with Gasteiger partial charge in [0.15, 0.2) is 0 Å². The lowest BCUT2D eigenvalue weighted by molar-refractivity contribution is -0.121. The average molecular weight is 247 g/mol. The third kappa shape index (κ3) is 7.29. The molecule has 0 aliphatic carbocycles. The molecule has 0 unspecified atom stereocenters. The van der Waals surface area contributed by atoms with Crippen molar-refractivity contribution >= 4 is 17.5 Å². The van der Waals surface area contributed by atoms with E-state index in [1.165, 1.54) is 0 Å². The van der Waals surface area contributed by atoms with Crippen LogP contribution in [-0.4, -0.2) is 29.9 Å². The summed E-state index contributed by atoms with van der Waals surface area (Å²) in [6.45, 7) is 12.5. The number of hydrogen-bond donors (Lipinski definition) is 1. The van der Waals surface area contributed by atoms with Crippen molar-refractivity contribution in [1.29, 1.82) is 0 Å². The number of carbonyl (C=O) groups excluding carboxylic acids is 1. The van der Waals surface area contributed by atoms with Gasteiger partial charge in [-0.05, 0) is 18.9 Å². The summed E-state index contributed by atoms with van der Waals surface area (Å²) in [7, 11) is 0. The molecule has 0 spiro atoms. The SMILES string of the molecule is CCNCCS[C@H](CC(C)C)C(=O)C(C)C.[HH]. The Morgan fingerprint density at radius 3 is 2.38 bits per heavy atom. The number of hydrogen-bond acceptors (Lipinski definition) is 3. The predicted molar refractivity (Wildman–Crippen MR) is 76.2 cm³/mol. The average Bonchev–Trinajstić information content (AvgIpc) is 2.20. The molecular formula is C13H29NOS. The molecule has 1 atom stereocenters. The summed E-state index contributed by atoms with van der Waals surface area (Å²) in [4.78, 5) is 12.0. The smallest absolute Gasteiger partial charge is 0.148 e. The number of carbonyl (C=O) groups is 1. The molecule has 0 saturated carbocycles. The minimum atomic E-state index is 0. The summed E-state index contributed by atoms with van der Waals surface area (Å²) in [5, 5.41) is 3.49. The van der Waals surface area contributed by atoms with Crippen molar-refractivity contribution < 1.29 is 6.22 Å². The fourth-order valence-electron chi connectivity index (χ4n) is 1.52. The molecule has 0 aliphatic rings. The van der Waals surface area contributed by atoms with E-state index in [-0.39, 0.29) is 12.6 Å². The van der Waals surface area contributed by atoms with E-state index in [0.717, 1.165) is 25.3 Å². The summed E-state index contributed by atoms with van der Waals surface area (Å²) < 4.78 is 0. The topological polar surface area (TPSA) is 29.1 Å². The third-order valence-electron chi connectivity index (χ3n) is 2.42. The van der Waals surface area contributed by atoms with E-state index in [9.17, 15) is 4.79 Å². The Labute approximate surface area is 106 Å². The molecule has 0 saturated heterocycles. The molecule has 16 heavy (non-hydrogen) atoms. The van der Waals surface area contributed by atoms with Gasteiger partial charge in [-0.15, -0.1) is 11.8 Å². The van der Waals surface area contributed by atoms with Crippen LogP contribution in [0.15, 0.2) is 0 Å². The summed E-state index contributed by atoms with van der Waals surface area (Å²) in [5.74, 6) is 2.20. The van der Waals surface area contributed by atoms with Gasteiger partial charge < -0.3 is 5.32 Å². The number of ketones is 1. The second-order valence-corrected chi connectivity index (χ2v) is 6.21. The maximum Gasteiger partial charge on any atom is 0.148 e. The van der Waals surface area contributed by atoms with Crippen molar-refractivity contribution in [3.8, 4) is 0 Å². The van der Waals surface area contributed by atoms with Gasteiger partial charge in [-0.2, -0.15) is 0 Å². The van der Waals surface area contributed by atoms with Crippen molar-refractivity contribution in [3.05, 3.63) is 0 Å². The minimum absolute atomic E-state index is 0. The first-order chi connectivity index (χ1) is 7.49. The van der Waals surface area contributed by atoms with Gasteiger partial charge in [0, 0.05) is 19.6 Å². The standard InChI is InChI=1S/C13H27NOS.H2/c1-6-14-7-8-16-12(9-10(2)3)13(15)11(4)5;/h10-12,14H,6-9H2,1-5H3;1H/t12-;/m1./s1. The Morgan fingerprint density at radius 1 is 1.31 bits per heavy atom. The van der Waals surface area contributed by atoms with Crippen molar-refractivity contribution in [2.75, 3.05) is 18.8 Å². The maximum absolute atomic E-state index is 12.0. The van der Waals surface area contributed by atoms with Crippen LogP contribution in [0.1, 0.15) is 42.5 Å². The Balaban J connectivity index is 0. The van der Waals surface area contributed by atoms with Crippen molar-refractivity contribution in [1.82, 2.24) is 5.32 Å².